The standard InChI is InChI=1S/C62H41NO/c1-3-16-44(17-4-1)54-36-33-51(39-57(54)45-18-5-2-6-19-45)43-31-34-52(35-32-43)63(53-24-13-23-47(38-53)50-30-29-42-15-7-8-20-46(42)37-50)59-27-12-11-25-55(59)56-26-14-28-60-62(56)58-40-48-21-9-10-22-49(48)41-61(58)64-60/h1-41H. The average Bonchev–Trinajstić information content (AvgIpc) is 3.74. The van der Waals surface area contributed by atoms with E-state index in [2.05, 4.69) is 254 Å². The van der Waals surface area contributed by atoms with Crippen LogP contribution < -0.4 is 4.90 Å². The van der Waals surface area contributed by atoms with E-state index in [0.29, 0.717) is 0 Å². The van der Waals surface area contributed by atoms with Crippen LogP contribution in [0.2, 0.25) is 0 Å². The Hall–Kier alpha value is -8.46. The van der Waals surface area contributed by atoms with Gasteiger partial charge in [0.25, 0.3) is 0 Å². The molecule has 0 saturated carbocycles. The summed E-state index contributed by atoms with van der Waals surface area (Å²) in [5.41, 5.74) is 16.7. The van der Waals surface area contributed by atoms with Gasteiger partial charge in [-0.15, -0.1) is 0 Å². The third-order valence-electron chi connectivity index (χ3n) is 12.6. The molecule has 0 amide bonds. The highest BCUT2D eigenvalue weighted by Gasteiger charge is 2.21. The Labute approximate surface area is 372 Å². The van der Waals surface area contributed by atoms with Crippen molar-refractivity contribution in [2.24, 2.45) is 0 Å². The van der Waals surface area contributed by atoms with Gasteiger partial charge in [-0.1, -0.05) is 188 Å². The van der Waals surface area contributed by atoms with Gasteiger partial charge in [-0.05, 0) is 132 Å². The van der Waals surface area contributed by atoms with E-state index in [1.807, 2.05) is 0 Å². The molecule has 0 fully saturated rings. The van der Waals surface area contributed by atoms with Gasteiger partial charge in [0.05, 0.1) is 5.69 Å². The van der Waals surface area contributed by atoms with Crippen LogP contribution in [-0.2, 0) is 0 Å². The maximum Gasteiger partial charge on any atom is 0.136 e. The second kappa shape index (κ2) is 15.8. The molecular weight excluding hydrogens is 775 g/mol. The molecule has 1 aromatic heterocycles. The second-order valence-electron chi connectivity index (χ2n) is 16.5. The van der Waals surface area contributed by atoms with Crippen molar-refractivity contribution in [2.45, 2.75) is 0 Å². The van der Waals surface area contributed by atoms with Gasteiger partial charge < -0.3 is 9.32 Å². The molecule has 0 N–H and O–H groups in total. The van der Waals surface area contributed by atoms with Crippen LogP contribution in [-0.4, -0.2) is 0 Å². The summed E-state index contributed by atoms with van der Waals surface area (Å²) in [5, 5.41) is 7.05. The second-order valence-corrected chi connectivity index (χ2v) is 16.5. The predicted octanol–water partition coefficient (Wildman–Crippen LogP) is 17.7. The van der Waals surface area contributed by atoms with Gasteiger partial charge >= 0.3 is 0 Å². The minimum absolute atomic E-state index is 0.875. The normalized spacial score (nSPS) is 11.4. The minimum Gasteiger partial charge on any atom is -0.456 e. The van der Waals surface area contributed by atoms with E-state index in [1.165, 1.54) is 54.9 Å². The van der Waals surface area contributed by atoms with Gasteiger partial charge in [0.2, 0.25) is 0 Å². The first-order chi connectivity index (χ1) is 31.7. The molecule has 0 aliphatic heterocycles. The van der Waals surface area contributed by atoms with Crippen molar-refractivity contribution in [3.05, 3.63) is 249 Å². The molecule has 0 aliphatic rings. The van der Waals surface area contributed by atoms with E-state index < -0.39 is 0 Å². The lowest BCUT2D eigenvalue weighted by Gasteiger charge is -2.28. The fraction of sp³-hybridized carbons (Fsp3) is 0. The largest absolute Gasteiger partial charge is 0.456 e. The van der Waals surface area contributed by atoms with Crippen LogP contribution in [0, 0.1) is 0 Å². The van der Waals surface area contributed by atoms with E-state index in [-0.39, 0.29) is 0 Å². The maximum absolute atomic E-state index is 6.60. The fourth-order valence-corrected chi connectivity index (χ4v) is 9.51. The van der Waals surface area contributed by atoms with Gasteiger partial charge in [0.15, 0.2) is 0 Å². The van der Waals surface area contributed by atoms with Gasteiger partial charge in [-0.25, -0.2) is 0 Å². The molecule has 0 radical (unpaired) electrons. The van der Waals surface area contributed by atoms with Crippen LogP contribution in [0.3, 0.4) is 0 Å². The summed E-state index contributed by atoms with van der Waals surface area (Å²) in [4.78, 5) is 2.41. The molecule has 0 unspecified atom stereocenters. The van der Waals surface area contributed by atoms with Crippen molar-refractivity contribution in [3.8, 4) is 55.6 Å². The Morgan fingerprint density at radius 2 is 0.828 bits per heavy atom. The monoisotopic (exact) mass is 815 g/mol. The molecule has 2 heteroatoms. The van der Waals surface area contributed by atoms with Crippen LogP contribution in [0.25, 0.3) is 99.1 Å². The summed E-state index contributed by atoms with van der Waals surface area (Å²) in [7, 11) is 0. The summed E-state index contributed by atoms with van der Waals surface area (Å²) in [6, 6.07) is 89.7. The van der Waals surface area contributed by atoms with Gasteiger partial charge in [0.1, 0.15) is 11.2 Å². The van der Waals surface area contributed by atoms with Gasteiger partial charge in [0, 0.05) is 27.7 Å². The van der Waals surface area contributed by atoms with Crippen LogP contribution in [0.5, 0.6) is 0 Å². The number of fused-ring (bicyclic) bond motifs is 5. The zero-order valence-electron chi connectivity index (χ0n) is 35.0. The summed E-state index contributed by atoms with van der Waals surface area (Å²) in [6.45, 7) is 0. The topological polar surface area (TPSA) is 16.4 Å². The van der Waals surface area contributed by atoms with E-state index in [4.69, 9.17) is 4.42 Å². The Morgan fingerprint density at radius 3 is 1.61 bits per heavy atom. The lowest BCUT2D eigenvalue weighted by molar-refractivity contribution is 0.669. The van der Waals surface area contributed by atoms with Crippen LogP contribution in [0.1, 0.15) is 0 Å². The molecule has 0 atom stereocenters. The molecule has 0 spiro atoms. The Morgan fingerprint density at radius 1 is 0.266 bits per heavy atom. The molecule has 0 saturated heterocycles. The first kappa shape index (κ1) is 37.3. The van der Waals surface area contributed by atoms with Gasteiger partial charge in [-0.2, -0.15) is 0 Å². The molecule has 1 heterocycles. The third kappa shape index (κ3) is 6.70. The third-order valence-corrected chi connectivity index (χ3v) is 12.6. The van der Waals surface area contributed by atoms with Crippen molar-refractivity contribution in [3.63, 3.8) is 0 Å². The Bertz CT molecular complexity index is 3660. The van der Waals surface area contributed by atoms with Crippen LogP contribution >= 0.6 is 0 Å². The number of nitrogens with zero attached hydrogens (tertiary/aromatic N) is 1. The molecule has 12 aromatic rings. The molecule has 0 bridgehead atoms. The smallest absolute Gasteiger partial charge is 0.136 e. The van der Waals surface area contributed by atoms with Crippen LogP contribution in [0.4, 0.5) is 17.1 Å². The van der Waals surface area contributed by atoms with Crippen molar-refractivity contribution < 1.29 is 4.42 Å². The lowest BCUT2D eigenvalue weighted by Crippen LogP contribution is -2.11. The Kier molecular flexibility index (Phi) is 9.20. The highest BCUT2D eigenvalue weighted by molar-refractivity contribution is 6.16. The number of para-hydroxylation sites is 1. The zero-order chi connectivity index (χ0) is 42.4. The molecule has 11 aromatic carbocycles. The highest BCUT2D eigenvalue weighted by Crippen LogP contribution is 2.46. The average molecular weight is 816 g/mol. The fourth-order valence-electron chi connectivity index (χ4n) is 9.51. The number of anilines is 3. The molecular formula is C62H41NO. The number of furan rings is 1. The van der Waals surface area contributed by atoms with E-state index in [9.17, 15) is 0 Å². The molecule has 2 nitrogen and oxygen atoms in total. The van der Waals surface area contributed by atoms with Crippen molar-refractivity contribution >= 4 is 60.5 Å². The highest BCUT2D eigenvalue weighted by atomic mass is 16.3. The summed E-state index contributed by atoms with van der Waals surface area (Å²) in [5.74, 6) is 0. The molecule has 12 rings (SSSR count). The number of rotatable bonds is 8. The number of hydrogen-bond acceptors (Lipinski definition) is 2. The lowest BCUT2D eigenvalue weighted by atomic mass is 9.91. The first-order valence-corrected chi connectivity index (χ1v) is 21.9. The number of benzene rings is 11. The first-order valence-electron chi connectivity index (χ1n) is 21.9. The summed E-state index contributed by atoms with van der Waals surface area (Å²) < 4.78 is 6.60. The number of hydrogen-bond donors (Lipinski definition) is 0. The van der Waals surface area contributed by atoms with Crippen molar-refractivity contribution in [2.75, 3.05) is 4.90 Å². The molecule has 300 valence electrons. The summed E-state index contributed by atoms with van der Waals surface area (Å²) in [6.07, 6.45) is 0. The van der Waals surface area contributed by atoms with Crippen molar-refractivity contribution in [1.29, 1.82) is 0 Å². The zero-order valence-corrected chi connectivity index (χ0v) is 35.0. The van der Waals surface area contributed by atoms with Gasteiger partial charge in [-0.3, -0.25) is 0 Å². The Balaban J connectivity index is 1.02. The quantitative estimate of drug-likeness (QED) is 0.152. The van der Waals surface area contributed by atoms with E-state index in [1.54, 1.807) is 0 Å². The predicted molar refractivity (Wildman–Crippen MR) is 271 cm³/mol. The van der Waals surface area contributed by atoms with Crippen molar-refractivity contribution in [1.82, 2.24) is 0 Å². The SMILES string of the molecule is c1ccc(-c2ccc(-c3ccc(N(c4cccc(-c5ccc6ccccc6c5)c4)c4ccccc4-c4cccc5oc6cc7ccccc7cc6c45)cc3)cc2-c2ccccc2)cc1. The van der Waals surface area contributed by atoms with E-state index in [0.717, 1.165) is 61.3 Å². The van der Waals surface area contributed by atoms with E-state index >= 15 is 0 Å². The molecule has 0 aliphatic carbocycles. The summed E-state index contributed by atoms with van der Waals surface area (Å²) >= 11 is 0. The maximum atomic E-state index is 6.60. The minimum atomic E-state index is 0.875. The molecule has 64 heavy (non-hydrogen) atoms. The van der Waals surface area contributed by atoms with Crippen LogP contribution in [0.15, 0.2) is 253 Å².